The third-order valence-electron chi connectivity index (χ3n) is 3.01. The number of unbranched alkanes of at least 4 members (excludes halogenated alkanes) is 2. The summed E-state index contributed by atoms with van der Waals surface area (Å²) in [6.45, 7) is 9.53. The van der Waals surface area contributed by atoms with Crippen molar-refractivity contribution in [3.8, 4) is 0 Å². The average Bonchev–Trinajstić information content (AvgIpc) is 2.01. The van der Waals surface area contributed by atoms with Crippen molar-refractivity contribution in [2.75, 3.05) is 0 Å². The lowest BCUT2D eigenvalue weighted by molar-refractivity contribution is -0.137. The Hall–Kier alpha value is -0.313. The van der Waals surface area contributed by atoms with Crippen molar-refractivity contribution in [3.63, 3.8) is 0 Å². The molecule has 0 aliphatic carbocycles. The Kier molecular flexibility index (Phi) is 6.08. The minimum atomic E-state index is -0.959. The van der Waals surface area contributed by atoms with Gasteiger partial charge in [0.2, 0.25) is 0 Å². The van der Waals surface area contributed by atoms with Gasteiger partial charge in [-0.2, -0.15) is 0 Å². The van der Waals surface area contributed by atoms with Gasteiger partial charge < -0.3 is 5.11 Å². The third-order valence-corrected chi connectivity index (χ3v) is 6.25. The number of hydrogen-bond acceptors (Lipinski definition) is 1. The Morgan fingerprint density at radius 3 is 2.21 bits per heavy atom. The highest BCUT2D eigenvalue weighted by Crippen LogP contribution is 2.26. The van der Waals surface area contributed by atoms with Crippen LogP contribution in [0.1, 0.15) is 39.0 Å². The fraction of sp³-hybridized carbons (Fsp3) is 0.909. The molecule has 0 aliphatic rings. The Morgan fingerprint density at radius 1 is 1.21 bits per heavy atom. The summed E-state index contributed by atoms with van der Waals surface area (Å²) in [5.41, 5.74) is 0.854. The van der Waals surface area contributed by atoms with Gasteiger partial charge >= 0.3 is 5.97 Å². The van der Waals surface area contributed by atoms with Crippen molar-refractivity contribution >= 4 is 14.0 Å². The monoisotopic (exact) mass is 216 g/mol. The molecule has 0 fully saturated rings. The summed E-state index contributed by atoms with van der Waals surface area (Å²) in [4.78, 5) is 10.3. The van der Waals surface area contributed by atoms with E-state index in [1.165, 1.54) is 12.8 Å². The molecule has 0 radical (unpaired) electrons. The highest BCUT2D eigenvalue weighted by Gasteiger charge is 2.21. The van der Waals surface area contributed by atoms with Crippen LogP contribution in [0.25, 0.3) is 0 Å². The average molecular weight is 216 g/mol. The van der Waals surface area contributed by atoms with Gasteiger partial charge in [0.15, 0.2) is 0 Å². The van der Waals surface area contributed by atoms with E-state index in [-0.39, 0.29) is 0 Å². The van der Waals surface area contributed by atoms with E-state index < -0.39 is 14.0 Å². The topological polar surface area (TPSA) is 37.3 Å². The van der Waals surface area contributed by atoms with E-state index in [0.29, 0.717) is 6.42 Å². The largest absolute Gasteiger partial charge is 0.481 e. The fourth-order valence-corrected chi connectivity index (χ4v) is 2.41. The Morgan fingerprint density at radius 2 is 1.79 bits per heavy atom. The van der Waals surface area contributed by atoms with Crippen LogP contribution in [0.4, 0.5) is 0 Å². The van der Waals surface area contributed by atoms with E-state index in [2.05, 4.69) is 26.6 Å². The van der Waals surface area contributed by atoms with Crippen molar-refractivity contribution in [1.29, 1.82) is 0 Å². The molecule has 1 unspecified atom stereocenters. The summed E-state index contributed by atoms with van der Waals surface area (Å²) in [5.74, 6) is -0.664. The van der Waals surface area contributed by atoms with Crippen LogP contribution >= 0.6 is 0 Å². The predicted octanol–water partition coefficient (Wildman–Crippen LogP) is 3.75. The van der Waals surface area contributed by atoms with Gasteiger partial charge in [-0.3, -0.25) is 4.79 Å². The lowest BCUT2D eigenvalue weighted by atomic mass is 10.1. The molecule has 0 aliphatic heterocycles. The second-order valence-corrected chi connectivity index (χ2v) is 11.0. The number of carboxylic acids is 1. The first-order valence-corrected chi connectivity index (χ1v) is 9.13. The third kappa shape index (κ3) is 7.13. The van der Waals surface area contributed by atoms with Crippen molar-refractivity contribution < 1.29 is 9.90 Å². The van der Waals surface area contributed by atoms with Crippen LogP contribution in [0.15, 0.2) is 0 Å². The van der Waals surface area contributed by atoms with Crippen molar-refractivity contribution in [3.05, 3.63) is 0 Å². The van der Waals surface area contributed by atoms with Gasteiger partial charge in [-0.05, 0) is 12.0 Å². The predicted molar refractivity (Wildman–Crippen MR) is 63.5 cm³/mol. The summed E-state index contributed by atoms with van der Waals surface area (Å²) in [6, 6.07) is 0. The first-order chi connectivity index (χ1) is 6.34. The molecule has 2 nitrogen and oxygen atoms in total. The van der Waals surface area contributed by atoms with Crippen LogP contribution in [0.2, 0.25) is 25.2 Å². The molecule has 1 N–H and O–H groups in total. The maximum atomic E-state index is 10.3. The van der Waals surface area contributed by atoms with Crippen LogP contribution in [0.5, 0.6) is 0 Å². The van der Waals surface area contributed by atoms with E-state index in [9.17, 15) is 4.79 Å². The molecular formula is C11H24O2Si. The first-order valence-electron chi connectivity index (χ1n) is 5.56. The van der Waals surface area contributed by atoms with Gasteiger partial charge in [0.1, 0.15) is 0 Å². The molecule has 0 aromatic carbocycles. The molecule has 0 heterocycles. The molecule has 0 rings (SSSR count). The van der Waals surface area contributed by atoms with Crippen molar-refractivity contribution in [1.82, 2.24) is 0 Å². The van der Waals surface area contributed by atoms with Gasteiger partial charge in [-0.1, -0.05) is 45.8 Å². The molecule has 1 atom stereocenters. The number of carboxylic acid groups (broad SMARTS) is 1. The van der Waals surface area contributed by atoms with E-state index in [1.54, 1.807) is 0 Å². The van der Waals surface area contributed by atoms with Crippen LogP contribution in [-0.4, -0.2) is 19.1 Å². The van der Waals surface area contributed by atoms with Crippen LogP contribution < -0.4 is 0 Å². The molecule has 0 saturated heterocycles. The smallest absolute Gasteiger partial charge is 0.303 e. The number of hydrogen-bond donors (Lipinski definition) is 1. The van der Waals surface area contributed by atoms with E-state index in [1.807, 2.05) is 0 Å². The molecular weight excluding hydrogens is 192 g/mol. The molecule has 84 valence electrons. The molecule has 0 aromatic heterocycles. The van der Waals surface area contributed by atoms with Gasteiger partial charge in [0, 0.05) is 14.5 Å². The fourth-order valence-electron chi connectivity index (χ4n) is 1.34. The molecule has 0 amide bonds. The van der Waals surface area contributed by atoms with Gasteiger partial charge in [-0.25, -0.2) is 0 Å². The zero-order valence-corrected chi connectivity index (χ0v) is 11.0. The molecule has 14 heavy (non-hydrogen) atoms. The van der Waals surface area contributed by atoms with E-state index >= 15 is 0 Å². The highest BCUT2D eigenvalue weighted by molar-refractivity contribution is 6.77. The van der Waals surface area contributed by atoms with Crippen LogP contribution in [0, 0.1) is 0 Å². The maximum absolute atomic E-state index is 10.3. The standard InChI is InChI=1S/C11H24O2Si/c1-10(14(2,3)4)8-6-5-7-9-11(12)13/h10H,5-9H2,1-4H3,(H,12,13). The number of carbonyl (C=O) groups is 1. The van der Waals surface area contributed by atoms with Crippen LogP contribution in [0.3, 0.4) is 0 Å². The second-order valence-electron chi connectivity index (χ2n) is 5.26. The SMILES string of the molecule is CC(CCCCCC(=O)O)[Si](C)(C)C. The summed E-state index contributed by atoms with van der Waals surface area (Å²) in [7, 11) is -0.959. The lowest BCUT2D eigenvalue weighted by Gasteiger charge is -2.24. The van der Waals surface area contributed by atoms with Crippen molar-refractivity contribution in [2.45, 2.75) is 64.2 Å². The highest BCUT2D eigenvalue weighted by atomic mass is 28.3. The van der Waals surface area contributed by atoms with Crippen molar-refractivity contribution in [2.24, 2.45) is 0 Å². The van der Waals surface area contributed by atoms with Gasteiger partial charge in [-0.15, -0.1) is 0 Å². The van der Waals surface area contributed by atoms with Crippen LogP contribution in [-0.2, 0) is 4.79 Å². The Bertz CT molecular complexity index is 173. The normalized spacial score (nSPS) is 14.0. The summed E-state index contributed by atoms with van der Waals surface area (Å²) in [6.07, 6.45) is 4.71. The molecule has 0 spiro atoms. The lowest BCUT2D eigenvalue weighted by Crippen LogP contribution is -2.25. The first kappa shape index (κ1) is 13.7. The minimum absolute atomic E-state index is 0.335. The minimum Gasteiger partial charge on any atom is -0.481 e. The summed E-state index contributed by atoms with van der Waals surface area (Å²) in [5, 5.41) is 8.46. The molecule has 0 saturated carbocycles. The van der Waals surface area contributed by atoms with Gasteiger partial charge in [0.25, 0.3) is 0 Å². The maximum Gasteiger partial charge on any atom is 0.303 e. The quantitative estimate of drug-likeness (QED) is 0.520. The Labute approximate surface area is 88.7 Å². The molecule has 0 bridgehead atoms. The number of rotatable bonds is 7. The second kappa shape index (κ2) is 6.22. The number of aliphatic carboxylic acids is 1. The van der Waals surface area contributed by atoms with Gasteiger partial charge in [0.05, 0.1) is 0 Å². The molecule has 3 heteroatoms. The zero-order valence-electron chi connectivity index (χ0n) is 9.97. The zero-order chi connectivity index (χ0) is 11.2. The van der Waals surface area contributed by atoms with E-state index in [0.717, 1.165) is 18.4 Å². The summed E-state index contributed by atoms with van der Waals surface area (Å²) >= 11 is 0. The van der Waals surface area contributed by atoms with E-state index in [4.69, 9.17) is 5.11 Å². The molecule has 0 aromatic rings. The summed E-state index contributed by atoms with van der Waals surface area (Å²) < 4.78 is 0. The Balaban J connectivity index is 3.41.